The molecule has 2 atom stereocenters. The fraction of sp³-hybridized carbons (Fsp3) is 0.294. The van der Waals surface area contributed by atoms with Crippen molar-refractivity contribution in [3.05, 3.63) is 63.3 Å². The lowest BCUT2D eigenvalue weighted by Gasteiger charge is -2.14. The van der Waals surface area contributed by atoms with Crippen LogP contribution in [0.1, 0.15) is 19.1 Å². The highest BCUT2D eigenvalue weighted by Gasteiger charge is 2.27. The molecule has 26 heavy (non-hydrogen) atoms. The first-order valence-corrected chi connectivity index (χ1v) is 8.18. The smallest absolute Gasteiger partial charge is 0.336 e. The van der Waals surface area contributed by atoms with E-state index in [0.717, 1.165) is 0 Å². The lowest BCUT2D eigenvalue weighted by atomic mass is 10.1. The van der Waals surface area contributed by atoms with Crippen LogP contribution < -0.4 is 5.69 Å². The molecule has 0 radical (unpaired) electrons. The van der Waals surface area contributed by atoms with Crippen LogP contribution >= 0.6 is 0 Å². The van der Waals surface area contributed by atoms with E-state index < -0.39 is 11.2 Å². The van der Waals surface area contributed by atoms with Crippen molar-refractivity contribution in [3.8, 4) is 11.3 Å². The molecule has 9 nitrogen and oxygen atoms in total. The minimum absolute atomic E-state index is 0.00307. The van der Waals surface area contributed by atoms with E-state index in [1.54, 1.807) is 30.6 Å². The fourth-order valence-corrected chi connectivity index (χ4v) is 3.14. The number of imidazole rings is 1. The molecule has 0 spiro atoms. The number of aliphatic hydroxyl groups is 1. The van der Waals surface area contributed by atoms with E-state index >= 15 is 0 Å². The molecule has 1 aliphatic heterocycles. The Hall–Kier alpha value is -3.04. The van der Waals surface area contributed by atoms with E-state index in [1.165, 1.54) is 21.1 Å². The summed E-state index contributed by atoms with van der Waals surface area (Å²) in [5, 5.41) is 19.9. The molecule has 9 heteroatoms. The van der Waals surface area contributed by atoms with Gasteiger partial charge in [-0.05, 0) is 31.0 Å². The fourth-order valence-electron chi connectivity index (χ4n) is 3.14. The van der Waals surface area contributed by atoms with Gasteiger partial charge in [0.15, 0.2) is 0 Å². The summed E-state index contributed by atoms with van der Waals surface area (Å²) in [5.74, 6) is 0. The molecular formula is C17H16N4O5. The SMILES string of the molecule is O=c1n([C@H]2CC[C@@H](CO)O2)ccc2nc(-c3ccc([N+](=O)[O-])cc3)cn12. The van der Waals surface area contributed by atoms with E-state index in [0.29, 0.717) is 29.7 Å². The topological polar surface area (TPSA) is 112 Å². The summed E-state index contributed by atoms with van der Waals surface area (Å²) in [6, 6.07) is 7.72. The molecule has 134 valence electrons. The Morgan fingerprint density at radius 1 is 1.27 bits per heavy atom. The summed E-state index contributed by atoms with van der Waals surface area (Å²) in [5.41, 5.74) is 1.43. The van der Waals surface area contributed by atoms with Gasteiger partial charge in [0.25, 0.3) is 5.69 Å². The summed E-state index contributed by atoms with van der Waals surface area (Å²) in [6.45, 7) is -0.0666. The van der Waals surface area contributed by atoms with Gasteiger partial charge in [-0.1, -0.05) is 0 Å². The van der Waals surface area contributed by atoms with Gasteiger partial charge in [-0.2, -0.15) is 0 Å². The largest absolute Gasteiger partial charge is 0.394 e. The molecule has 1 fully saturated rings. The van der Waals surface area contributed by atoms with Gasteiger partial charge in [0.1, 0.15) is 11.9 Å². The molecule has 0 unspecified atom stereocenters. The Kier molecular flexibility index (Phi) is 4.02. The molecule has 0 aliphatic carbocycles. The van der Waals surface area contributed by atoms with Crippen LogP contribution in [-0.4, -0.2) is 36.7 Å². The molecule has 3 aromatic rings. The van der Waals surface area contributed by atoms with Gasteiger partial charge < -0.3 is 9.84 Å². The minimum atomic E-state index is -0.465. The van der Waals surface area contributed by atoms with Gasteiger partial charge in [-0.15, -0.1) is 0 Å². The van der Waals surface area contributed by atoms with Crippen molar-refractivity contribution in [1.29, 1.82) is 0 Å². The van der Waals surface area contributed by atoms with Crippen molar-refractivity contribution in [2.24, 2.45) is 0 Å². The second-order valence-corrected chi connectivity index (χ2v) is 6.14. The summed E-state index contributed by atoms with van der Waals surface area (Å²) < 4.78 is 8.58. The number of benzene rings is 1. The molecule has 1 aliphatic rings. The van der Waals surface area contributed by atoms with Gasteiger partial charge in [0, 0.05) is 30.1 Å². The third-order valence-corrected chi connectivity index (χ3v) is 4.52. The third kappa shape index (κ3) is 2.76. The van der Waals surface area contributed by atoms with Crippen molar-refractivity contribution in [3.63, 3.8) is 0 Å². The number of aromatic nitrogens is 3. The zero-order valence-electron chi connectivity index (χ0n) is 13.7. The van der Waals surface area contributed by atoms with Crippen molar-refractivity contribution in [2.45, 2.75) is 25.2 Å². The van der Waals surface area contributed by atoms with Crippen LogP contribution in [0.5, 0.6) is 0 Å². The molecule has 1 saturated heterocycles. The predicted molar refractivity (Wildman–Crippen MR) is 91.8 cm³/mol. The van der Waals surface area contributed by atoms with Gasteiger partial charge in [0.05, 0.1) is 23.3 Å². The van der Waals surface area contributed by atoms with Crippen molar-refractivity contribution >= 4 is 11.3 Å². The number of nitrogens with zero attached hydrogens (tertiary/aromatic N) is 4. The van der Waals surface area contributed by atoms with E-state index in [9.17, 15) is 20.0 Å². The van der Waals surface area contributed by atoms with Gasteiger partial charge >= 0.3 is 5.69 Å². The van der Waals surface area contributed by atoms with Crippen LogP contribution in [0.15, 0.2) is 47.5 Å². The normalized spacial score (nSPS) is 19.9. The van der Waals surface area contributed by atoms with E-state index in [4.69, 9.17) is 4.74 Å². The van der Waals surface area contributed by atoms with Crippen LogP contribution in [0.25, 0.3) is 16.9 Å². The summed E-state index contributed by atoms with van der Waals surface area (Å²) in [6.07, 6.45) is 3.93. The molecule has 0 amide bonds. The van der Waals surface area contributed by atoms with Crippen molar-refractivity contribution in [1.82, 2.24) is 14.0 Å². The predicted octanol–water partition coefficient (Wildman–Crippen LogP) is 1.74. The number of hydrogen-bond acceptors (Lipinski definition) is 6. The maximum Gasteiger partial charge on any atom is 0.336 e. The summed E-state index contributed by atoms with van der Waals surface area (Å²) in [4.78, 5) is 27.5. The van der Waals surface area contributed by atoms with Gasteiger partial charge in [-0.25, -0.2) is 9.78 Å². The number of ether oxygens (including phenoxy) is 1. The molecule has 1 aromatic carbocycles. The van der Waals surface area contributed by atoms with E-state index in [-0.39, 0.29) is 24.1 Å². The van der Waals surface area contributed by atoms with Crippen molar-refractivity contribution in [2.75, 3.05) is 6.61 Å². The highest BCUT2D eigenvalue weighted by Crippen LogP contribution is 2.27. The number of hydrogen-bond donors (Lipinski definition) is 1. The molecule has 4 rings (SSSR count). The minimum Gasteiger partial charge on any atom is -0.394 e. The van der Waals surface area contributed by atoms with Crippen LogP contribution in [-0.2, 0) is 4.74 Å². The Balaban J connectivity index is 1.70. The Bertz CT molecular complexity index is 1020. The van der Waals surface area contributed by atoms with Crippen LogP contribution in [0, 0.1) is 10.1 Å². The average molecular weight is 356 g/mol. The first-order chi connectivity index (χ1) is 12.6. The zero-order chi connectivity index (χ0) is 18.3. The van der Waals surface area contributed by atoms with E-state index in [1.807, 2.05) is 0 Å². The Labute approximate surface area is 147 Å². The van der Waals surface area contributed by atoms with Crippen LogP contribution in [0.4, 0.5) is 5.69 Å². The molecule has 0 bridgehead atoms. The Morgan fingerprint density at radius 3 is 2.69 bits per heavy atom. The first kappa shape index (κ1) is 16.4. The number of fused-ring (bicyclic) bond motifs is 1. The second kappa shape index (κ2) is 6.36. The second-order valence-electron chi connectivity index (χ2n) is 6.14. The highest BCUT2D eigenvalue weighted by molar-refractivity contribution is 5.63. The van der Waals surface area contributed by atoms with Crippen molar-refractivity contribution < 1.29 is 14.8 Å². The van der Waals surface area contributed by atoms with Crippen LogP contribution in [0.2, 0.25) is 0 Å². The number of aliphatic hydroxyl groups excluding tert-OH is 1. The number of non-ortho nitro benzene ring substituents is 1. The Morgan fingerprint density at radius 2 is 2.04 bits per heavy atom. The highest BCUT2D eigenvalue weighted by atomic mass is 16.6. The maximum atomic E-state index is 12.8. The standard InChI is InChI=1S/C17H16N4O5/c22-10-13-5-6-16(26-13)19-8-7-15-18-14(9-20(15)17(19)23)11-1-3-12(4-2-11)21(24)25/h1-4,7-9,13,16,22H,5-6,10H2/t13-,16+/m0/s1. The number of nitro benzene ring substituents is 1. The number of nitro groups is 1. The molecular weight excluding hydrogens is 340 g/mol. The lowest BCUT2D eigenvalue weighted by molar-refractivity contribution is -0.384. The van der Waals surface area contributed by atoms with Crippen LogP contribution in [0.3, 0.4) is 0 Å². The molecule has 2 aromatic heterocycles. The lowest BCUT2D eigenvalue weighted by Crippen LogP contribution is -2.29. The average Bonchev–Trinajstić information content (AvgIpc) is 3.29. The molecule has 1 N–H and O–H groups in total. The monoisotopic (exact) mass is 356 g/mol. The summed E-state index contributed by atoms with van der Waals surface area (Å²) >= 11 is 0. The zero-order valence-corrected chi connectivity index (χ0v) is 13.7. The van der Waals surface area contributed by atoms with E-state index in [2.05, 4.69) is 4.98 Å². The maximum absolute atomic E-state index is 12.8. The third-order valence-electron chi connectivity index (χ3n) is 4.52. The molecule has 3 heterocycles. The summed E-state index contributed by atoms with van der Waals surface area (Å²) in [7, 11) is 0. The van der Waals surface area contributed by atoms with Gasteiger partial charge in [0.2, 0.25) is 0 Å². The number of rotatable bonds is 4. The quantitative estimate of drug-likeness (QED) is 0.563. The first-order valence-electron chi connectivity index (χ1n) is 8.18. The van der Waals surface area contributed by atoms with Gasteiger partial charge in [-0.3, -0.25) is 19.1 Å². The molecule has 0 saturated carbocycles.